The van der Waals surface area contributed by atoms with Crippen molar-refractivity contribution in [2.45, 2.75) is 30.2 Å². The Morgan fingerprint density at radius 2 is 1.84 bits per heavy atom. The summed E-state index contributed by atoms with van der Waals surface area (Å²) in [6.07, 6.45) is 5.38. The van der Waals surface area contributed by atoms with Crippen molar-refractivity contribution in [1.29, 1.82) is 0 Å². The van der Waals surface area contributed by atoms with Gasteiger partial charge in [-0.3, -0.25) is 4.79 Å². The first kappa shape index (κ1) is 20.4. The van der Waals surface area contributed by atoms with E-state index in [0.717, 1.165) is 28.8 Å². The largest absolute Gasteiger partial charge is 0.379 e. The predicted molar refractivity (Wildman–Crippen MR) is 119 cm³/mol. The van der Waals surface area contributed by atoms with Gasteiger partial charge in [-0.05, 0) is 60.7 Å². The van der Waals surface area contributed by atoms with Crippen molar-refractivity contribution < 1.29 is 17.9 Å². The molecule has 1 aliphatic carbocycles. The number of rotatable bonds is 4. The zero-order valence-electron chi connectivity index (χ0n) is 17.5. The molecule has 2 aromatic carbocycles. The second-order valence-corrected chi connectivity index (χ2v) is 10.4. The van der Waals surface area contributed by atoms with E-state index >= 15 is 0 Å². The molecule has 0 spiro atoms. The standard InChI is InChI=1S/C24H26N2O4S/c1-16(27)18-7-10-23-22(15-18)20-3-2-4-21(20)24(25-23)17-5-8-19(9-6-17)31(28,29)26-11-13-30-14-12-26/h2-3,5-10,15,20-21,24-25H,4,11-14H2,1H3/t20-,21+,24-/m1/s1. The first-order valence-electron chi connectivity index (χ1n) is 10.7. The average molecular weight is 439 g/mol. The van der Waals surface area contributed by atoms with Crippen LogP contribution in [0.25, 0.3) is 0 Å². The average Bonchev–Trinajstić information content (AvgIpc) is 3.29. The normalized spacial score (nSPS) is 25.5. The monoisotopic (exact) mass is 438 g/mol. The Kier molecular flexibility index (Phi) is 5.20. The molecule has 2 aromatic rings. The van der Waals surface area contributed by atoms with E-state index in [-0.39, 0.29) is 17.7 Å². The summed E-state index contributed by atoms with van der Waals surface area (Å²) in [5.41, 5.74) is 4.00. The summed E-state index contributed by atoms with van der Waals surface area (Å²) in [4.78, 5) is 12.2. The molecule has 0 amide bonds. The Morgan fingerprint density at radius 1 is 1.10 bits per heavy atom. The number of ether oxygens (including phenoxy) is 1. The quantitative estimate of drug-likeness (QED) is 0.581. The molecule has 2 aliphatic heterocycles. The van der Waals surface area contributed by atoms with Crippen LogP contribution in [0.2, 0.25) is 0 Å². The predicted octanol–water partition coefficient (Wildman–Crippen LogP) is 3.74. The summed E-state index contributed by atoms with van der Waals surface area (Å²) < 4.78 is 32.6. The highest BCUT2D eigenvalue weighted by Crippen LogP contribution is 2.50. The van der Waals surface area contributed by atoms with E-state index < -0.39 is 10.0 Å². The summed E-state index contributed by atoms with van der Waals surface area (Å²) in [5.74, 6) is 0.647. The maximum Gasteiger partial charge on any atom is 0.243 e. The Balaban J connectivity index is 1.44. The molecule has 5 rings (SSSR count). The molecule has 1 saturated heterocycles. The van der Waals surface area contributed by atoms with Crippen LogP contribution in [-0.2, 0) is 14.8 Å². The number of benzene rings is 2. The fraction of sp³-hybridized carbons (Fsp3) is 0.375. The van der Waals surface area contributed by atoms with Gasteiger partial charge in [0.05, 0.1) is 24.2 Å². The van der Waals surface area contributed by atoms with Gasteiger partial charge in [0.25, 0.3) is 0 Å². The molecule has 0 radical (unpaired) electrons. The van der Waals surface area contributed by atoms with Gasteiger partial charge in [0, 0.05) is 30.3 Å². The molecule has 1 fully saturated rings. The van der Waals surface area contributed by atoms with Gasteiger partial charge < -0.3 is 10.1 Å². The third-order valence-electron chi connectivity index (χ3n) is 6.62. The van der Waals surface area contributed by atoms with Gasteiger partial charge in [-0.2, -0.15) is 4.31 Å². The number of nitrogens with one attached hydrogen (secondary N) is 1. The number of carbonyl (C=O) groups excluding carboxylic acids is 1. The molecule has 3 atom stereocenters. The van der Waals surface area contributed by atoms with E-state index in [1.165, 1.54) is 4.31 Å². The highest BCUT2D eigenvalue weighted by molar-refractivity contribution is 7.89. The minimum absolute atomic E-state index is 0.0699. The van der Waals surface area contributed by atoms with Gasteiger partial charge in [-0.15, -0.1) is 0 Å². The van der Waals surface area contributed by atoms with Crippen molar-refractivity contribution in [3.8, 4) is 0 Å². The number of carbonyl (C=O) groups is 1. The Labute approximate surface area is 183 Å². The number of hydrogen-bond donors (Lipinski definition) is 1. The van der Waals surface area contributed by atoms with Crippen molar-refractivity contribution in [3.63, 3.8) is 0 Å². The number of morpholine rings is 1. The SMILES string of the molecule is CC(=O)c1ccc2c(c1)[C@@H]1C=CC[C@@H]1[C@@H](c1ccc(S(=O)(=O)N3CCOCC3)cc1)N2. The van der Waals surface area contributed by atoms with Crippen LogP contribution < -0.4 is 5.32 Å². The molecule has 162 valence electrons. The highest BCUT2D eigenvalue weighted by Gasteiger charge is 2.38. The summed E-state index contributed by atoms with van der Waals surface area (Å²) in [7, 11) is -3.50. The number of anilines is 1. The van der Waals surface area contributed by atoms with Crippen molar-refractivity contribution in [3.05, 3.63) is 71.3 Å². The molecule has 6 nitrogen and oxygen atoms in total. The molecule has 0 aromatic heterocycles. The lowest BCUT2D eigenvalue weighted by atomic mass is 9.76. The van der Waals surface area contributed by atoms with Crippen LogP contribution in [0.5, 0.6) is 0 Å². The number of ketones is 1. The number of hydrogen-bond acceptors (Lipinski definition) is 5. The van der Waals surface area contributed by atoms with Gasteiger partial charge in [0.1, 0.15) is 0 Å². The molecule has 0 unspecified atom stereocenters. The Hall–Kier alpha value is -2.48. The van der Waals surface area contributed by atoms with Crippen LogP contribution in [0.3, 0.4) is 0 Å². The fourth-order valence-electron chi connectivity index (χ4n) is 4.93. The van der Waals surface area contributed by atoms with Crippen LogP contribution in [0.4, 0.5) is 5.69 Å². The van der Waals surface area contributed by atoms with Crippen LogP contribution in [0.15, 0.2) is 59.5 Å². The van der Waals surface area contributed by atoms with Crippen molar-refractivity contribution >= 4 is 21.5 Å². The lowest BCUT2D eigenvalue weighted by molar-refractivity contribution is 0.0730. The Morgan fingerprint density at radius 3 is 2.55 bits per heavy atom. The molecule has 2 heterocycles. The van der Waals surface area contributed by atoms with E-state index in [4.69, 9.17) is 4.74 Å². The molecule has 1 N–H and O–H groups in total. The first-order chi connectivity index (χ1) is 14.9. The fourth-order valence-corrected chi connectivity index (χ4v) is 6.33. The second-order valence-electron chi connectivity index (χ2n) is 8.42. The molecule has 0 bridgehead atoms. The zero-order valence-corrected chi connectivity index (χ0v) is 18.3. The molecule has 0 saturated carbocycles. The third-order valence-corrected chi connectivity index (χ3v) is 8.53. The topological polar surface area (TPSA) is 75.7 Å². The lowest BCUT2D eigenvalue weighted by Crippen LogP contribution is -2.40. The van der Waals surface area contributed by atoms with Crippen molar-refractivity contribution in [2.24, 2.45) is 5.92 Å². The molecular formula is C24H26N2O4S. The van der Waals surface area contributed by atoms with Crippen molar-refractivity contribution in [2.75, 3.05) is 31.6 Å². The van der Waals surface area contributed by atoms with E-state index in [0.29, 0.717) is 37.1 Å². The summed E-state index contributed by atoms with van der Waals surface area (Å²) in [6.45, 7) is 3.25. The van der Waals surface area contributed by atoms with Crippen LogP contribution in [0, 0.1) is 5.92 Å². The first-order valence-corrected chi connectivity index (χ1v) is 12.1. The molecule has 31 heavy (non-hydrogen) atoms. The van der Waals surface area contributed by atoms with E-state index in [2.05, 4.69) is 17.5 Å². The molecule has 7 heteroatoms. The van der Waals surface area contributed by atoms with E-state index in [9.17, 15) is 13.2 Å². The maximum absolute atomic E-state index is 12.9. The lowest BCUT2D eigenvalue weighted by Gasteiger charge is -2.37. The van der Waals surface area contributed by atoms with Gasteiger partial charge in [0.2, 0.25) is 10.0 Å². The van der Waals surface area contributed by atoms with Gasteiger partial charge in [-0.25, -0.2) is 8.42 Å². The maximum atomic E-state index is 12.9. The number of sulfonamides is 1. The molecular weight excluding hydrogens is 412 g/mol. The van der Waals surface area contributed by atoms with Gasteiger partial charge in [-0.1, -0.05) is 24.3 Å². The van der Waals surface area contributed by atoms with E-state index in [1.54, 1.807) is 19.1 Å². The van der Waals surface area contributed by atoms with Crippen LogP contribution in [-0.4, -0.2) is 44.8 Å². The van der Waals surface area contributed by atoms with Gasteiger partial charge >= 0.3 is 0 Å². The minimum Gasteiger partial charge on any atom is -0.379 e. The number of Topliss-reactive ketones (excluding diaryl/α,β-unsaturated/α-hetero) is 1. The zero-order chi connectivity index (χ0) is 21.6. The second kappa shape index (κ2) is 7.89. The Bertz CT molecular complexity index is 1130. The summed E-state index contributed by atoms with van der Waals surface area (Å²) >= 11 is 0. The number of fused-ring (bicyclic) bond motifs is 3. The smallest absolute Gasteiger partial charge is 0.243 e. The summed E-state index contributed by atoms with van der Waals surface area (Å²) in [6, 6.07) is 13.2. The number of nitrogens with zero attached hydrogens (tertiary/aromatic N) is 1. The third kappa shape index (κ3) is 3.60. The summed E-state index contributed by atoms with van der Waals surface area (Å²) in [5, 5.41) is 3.64. The van der Waals surface area contributed by atoms with Gasteiger partial charge in [0.15, 0.2) is 5.78 Å². The van der Waals surface area contributed by atoms with E-state index in [1.807, 2.05) is 30.3 Å². The minimum atomic E-state index is -3.50. The van der Waals surface area contributed by atoms with Crippen LogP contribution >= 0.6 is 0 Å². The number of allylic oxidation sites excluding steroid dienone is 2. The highest BCUT2D eigenvalue weighted by atomic mass is 32.2. The van der Waals surface area contributed by atoms with Crippen LogP contribution in [0.1, 0.15) is 46.8 Å². The molecule has 3 aliphatic rings. The van der Waals surface area contributed by atoms with Crippen molar-refractivity contribution in [1.82, 2.24) is 4.31 Å².